The van der Waals surface area contributed by atoms with Gasteiger partial charge in [-0.2, -0.15) is 8.42 Å². The predicted molar refractivity (Wildman–Crippen MR) is 125 cm³/mol. The van der Waals surface area contributed by atoms with E-state index in [2.05, 4.69) is 0 Å². The molecule has 0 aromatic heterocycles. The Bertz CT molecular complexity index is 938. The highest BCUT2D eigenvalue weighted by molar-refractivity contribution is 7.85. The van der Waals surface area contributed by atoms with Crippen molar-refractivity contribution in [3.05, 3.63) is 48.5 Å². The topological polar surface area (TPSA) is 98.8 Å². The van der Waals surface area contributed by atoms with Crippen molar-refractivity contribution in [3.63, 3.8) is 0 Å². The van der Waals surface area contributed by atoms with Gasteiger partial charge in [-0.1, -0.05) is 24.3 Å². The molecule has 2 aromatic carbocycles. The van der Waals surface area contributed by atoms with Gasteiger partial charge >= 0.3 is 0 Å². The van der Waals surface area contributed by atoms with E-state index in [1.54, 1.807) is 0 Å². The molecule has 0 spiro atoms. The average molecular weight is 497 g/mol. The van der Waals surface area contributed by atoms with Crippen LogP contribution in [0.2, 0.25) is 0 Å². The monoisotopic (exact) mass is 496 g/mol. The lowest BCUT2D eigenvalue weighted by Crippen LogP contribution is -2.42. The van der Waals surface area contributed by atoms with Crippen molar-refractivity contribution in [2.45, 2.75) is 18.9 Å². The second kappa shape index (κ2) is 12.8. The molecule has 0 N–H and O–H groups in total. The van der Waals surface area contributed by atoms with Crippen LogP contribution in [0.1, 0.15) is 13.3 Å². The lowest BCUT2D eigenvalue weighted by Gasteiger charge is -2.30. The second-order valence-electron chi connectivity index (χ2n) is 7.96. The van der Waals surface area contributed by atoms with Crippen LogP contribution in [0.5, 0.6) is 23.0 Å². The molecule has 0 fully saturated rings. The van der Waals surface area contributed by atoms with Crippen molar-refractivity contribution in [1.29, 1.82) is 0 Å². The Kier molecular flexibility index (Phi) is 9.82. The maximum absolute atomic E-state index is 11.2. The van der Waals surface area contributed by atoms with Gasteiger partial charge in [0.25, 0.3) is 10.1 Å². The number of hydrogen-bond donors (Lipinski definition) is 0. The fourth-order valence-electron chi connectivity index (χ4n) is 3.07. The van der Waals surface area contributed by atoms with Crippen molar-refractivity contribution < 1.29 is 41.0 Å². The molecule has 1 aliphatic rings. The highest BCUT2D eigenvalue weighted by Crippen LogP contribution is 2.30. The van der Waals surface area contributed by atoms with E-state index < -0.39 is 15.7 Å². The highest BCUT2D eigenvalue weighted by atomic mass is 32.2. The van der Waals surface area contributed by atoms with Crippen LogP contribution in [-0.2, 0) is 23.8 Å². The third-order valence-corrected chi connectivity index (χ3v) is 5.37. The molecule has 0 atom stereocenters. The fourth-order valence-corrected chi connectivity index (χ4v) is 3.49. The summed E-state index contributed by atoms with van der Waals surface area (Å²) in [5.41, 5.74) is -0.856. The van der Waals surface area contributed by atoms with Crippen molar-refractivity contribution >= 4 is 10.1 Å². The standard InChI is InChI=1S/C24H32O9S/c1-24(32-12-7-13-33-34(2,25)26)18-30-22-10-5-3-8-20(22)28-16-14-27-15-17-29-21-9-4-6-11-23(21)31-19-24/h3-6,8-11H,7,12-19H2,1-2H3. The quantitative estimate of drug-likeness (QED) is 0.441. The fraction of sp³-hybridized carbons (Fsp3) is 0.500. The smallest absolute Gasteiger partial charge is 0.264 e. The van der Waals surface area contributed by atoms with Crippen LogP contribution in [0, 0.1) is 0 Å². The zero-order valence-electron chi connectivity index (χ0n) is 19.6. The maximum atomic E-state index is 11.2. The first-order valence-electron chi connectivity index (χ1n) is 11.1. The van der Waals surface area contributed by atoms with E-state index in [1.165, 1.54) is 0 Å². The zero-order chi connectivity index (χ0) is 24.3. The van der Waals surface area contributed by atoms with Gasteiger partial charge in [0.2, 0.25) is 0 Å². The lowest BCUT2D eigenvalue weighted by molar-refractivity contribution is -0.0873. The Morgan fingerprint density at radius 2 is 1.24 bits per heavy atom. The van der Waals surface area contributed by atoms with E-state index in [0.29, 0.717) is 55.8 Å². The SMILES string of the molecule is CC1(OCCCOS(C)(=O)=O)COc2ccccc2OCCOCCOc2ccccc2OC1. The molecule has 1 heterocycles. The van der Waals surface area contributed by atoms with Crippen molar-refractivity contribution in [1.82, 2.24) is 0 Å². The number of ether oxygens (including phenoxy) is 6. The van der Waals surface area contributed by atoms with Crippen molar-refractivity contribution in [3.8, 4) is 23.0 Å². The number of benzene rings is 2. The van der Waals surface area contributed by atoms with E-state index in [1.807, 2.05) is 55.5 Å². The number of rotatable bonds is 6. The summed E-state index contributed by atoms with van der Waals surface area (Å²) < 4.78 is 62.6. The van der Waals surface area contributed by atoms with E-state index in [4.69, 9.17) is 32.6 Å². The van der Waals surface area contributed by atoms with Crippen LogP contribution < -0.4 is 18.9 Å². The summed E-state index contributed by atoms with van der Waals surface area (Å²) in [7, 11) is -3.49. The lowest BCUT2D eigenvalue weighted by atomic mass is 10.1. The summed E-state index contributed by atoms with van der Waals surface area (Å²) >= 11 is 0. The average Bonchev–Trinajstić information content (AvgIpc) is 2.81. The van der Waals surface area contributed by atoms with Gasteiger partial charge < -0.3 is 28.4 Å². The molecular weight excluding hydrogens is 464 g/mol. The molecule has 0 radical (unpaired) electrons. The Hall–Kier alpha value is -2.53. The Morgan fingerprint density at radius 3 is 1.71 bits per heavy atom. The van der Waals surface area contributed by atoms with Gasteiger partial charge in [-0.3, -0.25) is 4.18 Å². The summed E-state index contributed by atoms with van der Waals surface area (Å²) in [6, 6.07) is 14.8. The maximum Gasteiger partial charge on any atom is 0.264 e. The molecule has 0 unspecified atom stereocenters. The number of hydrogen-bond acceptors (Lipinski definition) is 9. The Labute approximate surface area is 200 Å². The van der Waals surface area contributed by atoms with Gasteiger partial charge in [0.1, 0.15) is 32.0 Å². The first kappa shape index (κ1) is 26.1. The first-order chi connectivity index (χ1) is 16.3. The minimum Gasteiger partial charge on any atom is -0.487 e. The van der Waals surface area contributed by atoms with E-state index in [-0.39, 0.29) is 26.4 Å². The molecule has 188 valence electrons. The summed E-state index contributed by atoms with van der Waals surface area (Å²) in [5, 5.41) is 0. The minimum atomic E-state index is -3.49. The molecule has 3 rings (SSSR count). The summed E-state index contributed by atoms with van der Waals surface area (Å²) in [4.78, 5) is 0. The molecule has 9 nitrogen and oxygen atoms in total. The van der Waals surface area contributed by atoms with Crippen LogP contribution in [0.25, 0.3) is 0 Å². The van der Waals surface area contributed by atoms with Crippen LogP contribution in [0.4, 0.5) is 0 Å². The first-order valence-corrected chi connectivity index (χ1v) is 12.9. The van der Waals surface area contributed by atoms with Gasteiger partial charge in [-0.15, -0.1) is 0 Å². The minimum absolute atomic E-state index is 0.0338. The van der Waals surface area contributed by atoms with Crippen LogP contribution >= 0.6 is 0 Å². The van der Waals surface area contributed by atoms with Gasteiger partial charge in [-0.25, -0.2) is 0 Å². The molecule has 0 saturated carbocycles. The predicted octanol–water partition coefficient (Wildman–Crippen LogP) is 3.07. The molecule has 0 saturated heterocycles. The molecule has 0 aliphatic carbocycles. The largest absolute Gasteiger partial charge is 0.487 e. The van der Waals surface area contributed by atoms with E-state index >= 15 is 0 Å². The molecule has 0 bridgehead atoms. The molecule has 10 heteroatoms. The number of fused-ring (bicyclic) bond motifs is 2. The van der Waals surface area contributed by atoms with Gasteiger partial charge in [0.15, 0.2) is 23.0 Å². The van der Waals surface area contributed by atoms with Crippen LogP contribution in [0.3, 0.4) is 0 Å². The van der Waals surface area contributed by atoms with Crippen molar-refractivity contribution in [2.75, 3.05) is 59.1 Å². The molecule has 0 amide bonds. The van der Waals surface area contributed by atoms with E-state index in [9.17, 15) is 8.42 Å². The van der Waals surface area contributed by atoms with Crippen molar-refractivity contribution in [2.24, 2.45) is 0 Å². The summed E-state index contributed by atoms with van der Waals surface area (Å²) in [6.07, 6.45) is 1.41. The molecule has 34 heavy (non-hydrogen) atoms. The summed E-state index contributed by atoms with van der Waals surface area (Å²) in [5.74, 6) is 2.36. The van der Waals surface area contributed by atoms with Gasteiger partial charge in [-0.05, 0) is 37.6 Å². The highest BCUT2D eigenvalue weighted by Gasteiger charge is 2.29. The van der Waals surface area contributed by atoms with Crippen LogP contribution in [0.15, 0.2) is 48.5 Å². The van der Waals surface area contributed by atoms with Gasteiger partial charge in [0.05, 0.1) is 26.1 Å². The van der Waals surface area contributed by atoms with Gasteiger partial charge in [0, 0.05) is 6.61 Å². The molecule has 2 aromatic rings. The molecular formula is C24H32O9S. The Morgan fingerprint density at radius 1 is 0.765 bits per heavy atom. The third-order valence-electron chi connectivity index (χ3n) is 4.77. The van der Waals surface area contributed by atoms with E-state index in [0.717, 1.165) is 6.26 Å². The normalized spacial score (nSPS) is 17.1. The number of para-hydroxylation sites is 4. The van der Waals surface area contributed by atoms with Crippen LogP contribution in [-0.4, -0.2) is 73.1 Å². The Balaban J connectivity index is 1.73. The molecule has 1 aliphatic heterocycles. The second-order valence-corrected chi connectivity index (χ2v) is 9.60. The zero-order valence-corrected chi connectivity index (χ0v) is 20.4. The summed E-state index contributed by atoms with van der Waals surface area (Å²) in [6.45, 7) is 4.05. The third kappa shape index (κ3) is 9.02.